The summed E-state index contributed by atoms with van der Waals surface area (Å²) in [4.78, 5) is 65.9. The zero-order valence-electron chi connectivity index (χ0n) is 34.2. The second-order valence-corrected chi connectivity index (χ2v) is 18.4. The second-order valence-electron chi connectivity index (χ2n) is 18.1. The van der Waals surface area contributed by atoms with Gasteiger partial charge in [0.1, 0.15) is 40.7 Å². The number of Topliss-reactive ketones (excluding diaryl/α,β-unsaturated/α-hetero) is 1. The summed E-state index contributed by atoms with van der Waals surface area (Å²) in [5, 5.41) is 14.2. The minimum absolute atomic E-state index is 0.0187. The van der Waals surface area contributed by atoms with Crippen molar-refractivity contribution in [3.05, 3.63) is 42.1 Å². The van der Waals surface area contributed by atoms with Crippen LogP contribution in [0.2, 0.25) is 5.02 Å². The number of aliphatic carboxylic acids is 1. The summed E-state index contributed by atoms with van der Waals surface area (Å²) >= 11 is 6.94. The van der Waals surface area contributed by atoms with Crippen LogP contribution in [0.5, 0.6) is 11.5 Å². The van der Waals surface area contributed by atoms with Gasteiger partial charge in [-0.05, 0) is 81.3 Å². The third-order valence-corrected chi connectivity index (χ3v) is 12.6. The van der Waals surface area contributed by atoms with E-state index in [1.54, 1.807) is 18.2 Å². The van der Waals surface area contributed by atoms with Crippen LogP contribution >= 0.6 is 11.6 Å². The summed E-state index contributed by atoms with van der Waals surface area (Å²) in [6, 6.07) is 4.68. The number of rotatable bonds is 17. The van der Waals surface area contributed by atoms with Crippen molar-refractivity contribution >= 4 is 52.1 Å². The van der Waals surface area contributed by atoms with Gasteiger partial charge in [0.15, 0.2) is 5.78 Å². The van der Waals surface area contributed by atoms with Gasteiger partial charge in [0, 0.05) is 30.3 Å². The number of esters is 1. The Morgan fingerprint density at radius 3 is 2.47 bits per heavy atom. The number of carboxylic acid groups (broad SMARTS) is 1. The van der Waals surface area contributed by atoms with E-state index in [-0.39, 0.29) is 60.6 Å². The number of carbonyl (C=O) groups is 4. The second kappa shape index (κ2) is 16.2. The zero-order valence-corrected chi connectivity index (χ0v) is 35.0. The molecule has 312 valence electrons. The Labute approximate surface area is 344 Å². The Bertz CT molecular complexity index is 2080. The summed E-state index contributed by atoms with van der Waals surface area (Å²) in [6.45, 7) is 15.9. The fourth-order valence-electron chi connectivity index (χ4n) is 8.79. The lowest BCUT2D eigenvalue weighted by Crippen LogP contribution is -2.48. The monoisotopic (exact) mass is 818 g/mol. The van der Waals surface area contributed by atoms with E-state index in [0.717, 1.165) is 19.3 Å². The van der Waals surface area contributed by atoms with E-state index in [1.807, 2.05) is 47.6 Å². The molecule has 3 saturated carbocycles. The summed E-state index contributed by atoms with van der Waals surface area (Å²) in [6.07, 6.45) is 5.91. The Morgan fingerprint density at radius 1 is 1.09 bits per heavy atom. The summed E-state index contributed by atoms with van der Waals surface area (Å²) in [7, 11) is 0. The van der Waals surface area contributed by atoms with Gasteiger partial charge in [0.05, 0.1) is 48.2 Å². The van der Waals surface area contributed by atoms with Crippen molar-refractivity contribution in [2.75, 3.05) is 18.5 Å². The maximum atomic E-state index is 14.8. The van der Waals surface area contributed by atoms with E-state index >= 15 is 0 Å². The number of amides is 1. The van der Waals surface area contributed by atoms with Crippen molar-refractivity contribution in [1.82, 2.24) is 14.9 Å². The maximum Gasteiger partial charge on any atom is 0.310 e. The molecule has 3 aromatic rings. The number of benzene rings is 1. The van der Waals surface area contributed by atoms with E-state index in [1.165, 1.54) is 17.6 Å². The van der Waals surface area contributed by atoms with Crippen molar-refractivity contribution in [2.24, 2.45) is 34.5 Å². The molecule has 8 atom stereocenters. The average molecular weight is 819 g/mol. The highest BCUT2D eigenvalue weighted by Gasteiger charge is 2.61. The number of nitrogens with zero attached hydrogens (tertiary/aromatic N) is 3. The molecule has 0 radical (unpaired) electrons. The SMILES string of the molecule is C=C[C@@H]1C[C@]1(CC(=O)[C@@H]1C[C@@H](Oc2cc(-c3coc(NC(C)C)n3)nc3c(Cl)c(OCCC)ccc23)CN1C(=O)[C@@H](CC(=O)OC1C[C@@H]2C[C@@H]2C1)C(C)(C)C)C(=O)O. The fraction of sp³-hybridized carbons (Fsp3) is 0.591. The van der Waals surface area contributed by atoms with Crippen LogP contribution in [0.15, 0.2) is 41.5 Å². The van der Waals surface area contributed by atoms with Crippen LogP contribution < -0.4 is 14.8 Å². The number of halogens is 1. The predicted molar refractivity (Wildman–Crippen MR) is 218 cm³/mol. The molecule has 0 spiro atoms. The van der Waals surface area contributed by atoms with Gasteiger partial charge >= 0.3 is 11.9 Å². The first-order valence-corrected chi connectivity index (χ1v) is 20.9. The molecule has 1 amide bonds. The molecule has 2 N–H and O–H groups in total. The normalized spacial score (nSPS) is 26.6. The number of nitrogens with one attached hydrogen (secondary N) is 1. The van der Waals surface area contributed by atoms with Gasteiger partial charge in [0.25, 0.3) is 6.01 Å². The maximum absolute atomic E-state index is 14.8. The van der Waals surface area contributed by atoms with Gasteiger partial charge in [-0.1, -0.05) is 45.4 Å². The van der Waals surface area contributed by atoms with Crippen LogP contribution in [0.4, 0.5) is 6.01 Å². The molecule has 0 bridgehead atoms. The quantitative estimate of drug-likeness (QED) is 0.0992. The third kappa shape index (κ3) is 8.56. The summed E-state index contributed by atoms with van der Waals surface area (Å²) in [5.41, 5.74) is -0.696. The van der Waals surface area contributed by atoms with Gasteiger partial charge < -0.3 is 34.0 Å². The van der Waals surface area contributed by atoms with Crippen molar-refractivity contribution in [3.8, 4) is 22.9 Å². The minimum Gasteiger partial charge on any atom is -0.492 e. The number of pyridine rings is 1. The van der Waals surface area contributed by atoms with E-state index in [0.29, 0.717) is 64.7 Å². The number of hydrogen-bond acceptors (Lipinski definition) is 11. The van der Waals surface area contributed by atoms with Crippen LogP contribution in [0.25, 0.3) is 22.3 Å². The molecule has 13 nitrogen and oxygen atoms in total. The molecule has 1 aromatic carbocycles. The van der Waals surface area contributed by atoms with Crippen molar-refractivity contribution in [1.29, 1.82) is 0 Å². The summed E-state index contributed by atoms with van der Waals surface area (Å²) in [5.74, 6) is -1.31. The van der Waals surface area contributed by atoms with Crippen LogP contribution in [-0.4, -0.2) is 81.0 Å². The molecule has 1 unspecified atom stereocenters. The number of ketones is 1. The number of aromatic nitrogens is 2. The molecule has 58 heavy (non-hydrogen) atoms. The van der Waals surface area contributed by atoms with Crippen LogP contribution in [0, 0.1) is 34.5 Å². The number of oxazole rings is 1. The standard InChI is InChI=1S/C44H55ClN4O9/c1-8-12-55-35-11-10-29-36(18-31(47-39(29)38(35)45)32-22-56-42(48-32)46-23(3)4)57-28-16-33(34(50)20-44(41(53)54)19-26(44)9-2)49(21-28)40(52)30(43(5,6)7)17-37(51)58-27-14-24-13-25(24)15-27/h9-11,18,22-28,30,33H,2,8,12-17,19-21H2,1,3-7H3,(H,46,48)(H,53,54)/t24-,25+,26-,27?,28-,30-,33+,44-/m1/s1. The highest BCUT2D eigenvalue weighted by molar-refractivity contribution is 6.36. The number of carboxylic acids is 1. The number of fused-ring (bicyclic) bond motifs is 2. The smallest absolute Gasteiger partial charge is 0.310 e. The minimum atomic E-state index is -1.27. The number of anilines is 1. The highest BCUT2D eigenvalue weighted by Crippen LogP contribution is 2.57. The Kier molecular flexibility index (Phi) is 11.6. The number of carbonyl (C=O) groups excluding carboxylic acids is 3. The van der Waals surface area contributed by atoms with Crippen molar-refractivity contribution in [3.63, 3.8) is 0 Å². The highest BCUT2D eigenvalue weighted by atomic mass is 35.5. The molecule has 14 heteroatoms. The Hall–Kier alpha value is -4.65. The first-order chi connectivity index (χ1) is 27.5. The van der Waals surface area contributed by atoms with E-state index < -0.39 is 40.8 Å². The molecule has 4 fully saturated rings. The van der Waals surface area contributed by atoms with Gasteiger partial charge in [0.2, 0.25) is 5.91 Å². The van der Waals surface area contributed by atoms with E-state index in [2.05, 4.69) is 16.9 Å². The number of ether oxygens (including phenoxy) is 3. The predicted octanol–water partition coefficient (Wildman–Crippen LogP) is 8.13. The molecule has 2 aromatic heterocycles. The molecule has 1 saturated heterocycles. The largest absolute Gasteiger partial charge is 0.492 e. The van der Waals surface area contributed by atoms with Gasteiger partial charge in [-0.15, -0.1) is 6.58 Å². The first kappa shape index (κ1) is 41.5. The van der Waals surface area contributed by atoms with Gasteiger partial charge in [-0.3, -0.25) is 19.2 Å². The molecule has 4 aliphatic rings. The lowest BCUT2D eigenvalue weighted by Gasteiger charge is -2.35. The molecule has 3 heterocycles. The molecule has 3 aliphatic carbocycles. The van der Waals surface area contributed by atoms with Crippen LogP contribution in [0.1, 0.15) is 92.9 Å². The van der Waals surface area contributed by atoms with Crippen LogP contribution in [-0.2, 0) is 23.9 Å². The van der Waals surface area contributed by atoms with Crippen molar-refractivity contribution in [2.45, 2.75) is 117 Å². The van der Waals surface area contributed by atoms with Crippen LogP contribution in [0.3, 0.4) is 0 Å². The Balaban J connectivity index is 1.21. The number of hydrogen-bond donors (Lipinski definition) is 2. The number of likely N-dealkylation sites (tertiary alicyclic amines) is 1. The van der Waals surface area contributed by atoms with Crippen molar-refractivity contribution < 1.29 is 42.9 Å². The Morgan fingerprint density at radius 2 is 1.83 bits per heavy atom. The first-order valence-electron chi connectivity index (χ1n) is 20.5. The zero-order chi connectivity index (χ0) is 41.7. The lowest BCUT2D eigenvalue weighted by molar-refractivity contribution is -0.157. The van der Waals surface area contributed by atoms with E-state index in [4.69, 9.17) is 35.2 Å². The van der Waals surface area contributed by atoms with Gasteiger partial charge in [-0.2, -0.15) is 4.98 Å². The molecular weight excluding hydrogens is 764 g/mol. The molecular formula is C44H55ClN4O9. The summed E-state index contributed by atoms with van der Waals surface area (Å²) < 4.78 is 24.2. The average Bonchev–Trinajstić information content (AvgIpc) is 3.83. The number of allylic oxidation sites excluding steroid dienone is 1. The van der Waals surface area contributed by atoms with E-state index in [9.17, 15) is 24.3 Å². The van der Waals surface area contributed by atoms with Gasteiger partial charge in [-0.25, -0.2) is 4.98 Å². The third-order valence-electron chi connectivity index (χ3n) is 12.2. The lowest BCUT2D eigenvalue weighted by atomic mass is 9.77. The molecule has 1 aliphatic heterocycles. The molecule has 7 rings (SSSR count). The topological polar surface area (TPSA) is 170 Å². The fourth-order valence-corrected chi connectivity index (χ4v) is 9.05.